The number of amides is 3. The Morgan fingerprint density at radius 2 is 1.93 bits per heavy atom. The van der Waals surface area contributed by atoms with Crippen LogP contribution in [0.2, 0.25) is 0 Å². The van der Waals surface area contributed by atoms with Crippen LogP contribution in [0, 0.1) is 11.8 Å². The number of benzene rings is 2. The first-order valence-electron chi connectivity index (χ1n) is 10.3. The molecule has 0 bridgehead atoms. The van der Waals surface area contributed by atoms with Gasteiger partial charge in [0, 0.05) is 21.8 Å². The van der Waals surface area contributed by atoms with Gasteiger partial charge in [0.2, 0.25) is 0 Å². The van der Waals surface area contributed by atoms with E-state index in [1.54, 1.807) is 42.5 Å². The molecule has 0 saturated heterocycles. The lowest BCUT2D eigenvalue weighted by Gasteiger charge is -2.44. The first-order chi connectivity index (χ1) is 14.3. The molecule has 2 aromatic carbocycles. The van der Waals surface area contributed by atoms with Crippen LogP contribution in [0.3, 0.4) is 0 Å². The predicted octanol–water partition coefficient (Wildman–Crippen LogP) is 4.59. The van der Waals surface area contributed by atoms with Gasteiger partial charge in [-0.2, -0.15) is 0 Å². The molecule has 1 saturated carbocycles. The minimum absolute atomic E-state index is 0.0523. The number of aliphatic hydroxyl groups is 1. The molecule has 3 amide bonds. The van der Waals surface area contributed by atoms with Crippen molar-refractivity contribution >= 4 is 39.2 Å². The normalized spacial score (nSPS) is 28.5. The van der Waals surface area contributed by atoms with Gasteiger partial charge in [-0.3, -0.25) is 9.69 Å². The molecule has 158 valence electrons. The molecule has 2 aliphatic rings. The first kappa shape index (κ1) is 20.9. The molecule has 30 heavy (non-hydrogen) atoms. The zero-order chi connectivity index (χ0) is 21.5. The topological polar surface area (TPSA) is 81.7 Å². The molecule has 1 aliphatic heterocycles. The molecule has 0 spiro atoms. The van der Waals surface area contributed by atoms with E-state index in [1.807, 2.05) is 6.07 Å². The van der Waals surface area contributed by atoms with Crippen molar-refractivity contribution in [1.82, 2.24) is 5.32 Å². The minimum atomic E-state index is -2.18. The van der Waals surface area contributed by atoms with Crippen LogP contribution in [0.1, 0.15) is 38.7 Å². The fourth-order valence-corrected chi connectivity index (χ4v) is 4.87. The zero-order valence-electron chi connectivity index (χ0n) is 17.1. The summed E-state index contributed by atoms with van der Waals surface area (Å²) in [4.78, 5) is 27.8. The second-order valence-electron chi connectivity index (χ2n) is 8.31. The summed E-state index contributed by atoms with van der Waals surface area (Å²) < 4.78 is 0.705. The Balaban J connectivity index is 1.80. The highest BCUT2D eigenvalue weighted by Crippen LogP contribution is 2.41. The molecule has 0 unspecified atom stereocenters. The van der Waals surface area contributed by atoms with Gasteiger partial charge >= 0.3 is 6.03 Å². The standard InChI is InChI=1S/C23H26BrN3O3/c1-14-7-6-10-19(15(14)2)25-21(28)23(30)18-13-16(24)11-12-20(18)26-22(29)27(23)17-8-4-3-5-9-17/h3-5,8-9,11-15,19,30H,6-7,10H2,1-2H3,(H,25,28)(H,26,29)/t14-,15+,19+,23-/m1/s1. The Morgan fingerprint density at radius 3 is 2.67 bits per heavy atom. The maximum Gasteiger partial charge on any atom is 0.329 e. The number of para-hydroxylation sites is 1. The predicted molar refractivity (Wildman–Crippen MR) is 120 cm³/mol. The molecular weight excluding hydrogens is 446 g/mol. The van der Waals surface area contributed by atoms with Gasteiger partial charge in [0.05, 0.1) is 5.69 Å². The maximum absolute atomic E-state index is 13.6. The summed E-state index contributed by atoms with van der Waals surface area (Å²) in [6, 6.07) is 13.3. The molecule has 2 aromatic rings. The van der Waals surface area contributed by atoms with Crippen molar-refractivity contribution in [2.75, 3.05) is 10.2 Å². The van der Waals surface area contributed by atoms with Gasteiger partial charge < -0.3 is 15.7 Å². The molecule has 4 rings (SSSR count). The summed E-state index contributed by atoms with van der Waals surface area (Å²) in [5.41, 5.74) is -1.00. The summed E-state index contributed by atoms with van der Waals surface area (Å²) in [5.74, 6) is 0.183. The number of fused-ring (bicyclic) bond motifs is 1. The van der Waals surface area contributed by atoms with Gasteiger partial charge in [0.1, 0.15) is 0 Å². The van der Waals surface area contributed by atoms with E-state index in [9.17, 15) is 14.7 Å². The smallest absolute Gasteiger partial charge is 0.329 e. The third-order valence-electron chi connectivity index (χ3n) is 6.48. The number of hydrogen-bond acceptors (Lipinski definition) is 3. The lowest BCUT2D eigenvalue weighted by atomic mass is 9.78. The quantitative estimate of drug-likeness (QED) is 0.612. The second kappa shape index (κ2) is 8.04. The molecule has 1 aliphatic carbocycles. The number of hydrogen-bond donors (Lipinski definition) is 3. The highest BCUT2D eigenvalue weighted by molar-refractivity contribution is 9.10. The molecule has 7 heteroatoms. The van der Waals surface area contributed by atoms with Gasteiger partial charge in [0.25, 0.3) is 11.6 Å². The van der Waals surface area contributed by atoms with Crippen LogP contribution in [-0.2, 0) is 10.5 Å². The first-order valence-corrected chi connectivity index (χ1v) is 11.1. The van der Waals surface area contributed by atoms with Gasteiger partial charge in [-0.05, 0) is 48.6 Å². The van der Waals surface area contributed by atoms with Crippen molar-refractivity contribution < 1.29 is 14.7 Å². The van der Waals surface area contributed by atoms with Crippen molar-refractivity contribution in [2.45, 2.75) is 44.9 Å². The molecule has 1 fully saturated rings. The lowest BCUT2D eigenvalue weighted by Crippen LogP contribution is -2.64. The van der Waals surface area contributed by atoms with Gasteiger partial charge in [-0.15, -0.1) is 0 Å². The van der Waals surface area contributed by atoms with Gasteiger partial charge in [-0.25, -0.2) is 4.79 Å². The summed E-state index contributed by atoms with van der Waals surface area (Å²) >= 11 is 3.42. The number of nitrogens with zero attached hydrogens (tertiary/aromatic N) is 1. The van der Waals surface area contributed by atoms with E-state index in [0.717, 1.165) is 24.2 Å². The van der Waals surface area contributed by atoms with Crippen LogP contribution in [0.25, 0.3) is 0 Å². The van der Waals surface area contributed by atoms with E-state index in [4.69, 9.17) is 0 Å². The summed E-state index contributed by atoms with van der Waals surface area (Å²) in [5, 5.41) is 17.8. The minimum Gasteiger partial charge on any atom is -0.359 e. The number of anilines is 2. The molecular formula is C23H26BrN3O3. The molecule has 0 aromatic heterocycles. The number of carbonyl (C=O) groups excluding carboxylic acids is 2. The van der Waals surface area contributed by atoms with Crippen molar-refractivity contribution in [1.29, 1.82) is 0 Å². The highest BCUT2D eigenvalue weighted by Gasteiger charge is 2.52. The Bertz CT molecular complexity index is 967. The fraction of sp³-hybridized carbons (Fsp3) is 0.391. The Labute approximate surface area is 184 Å². The number of urea groups is 1. The number of carbonyl (C=O) groups is 2. The van der Waals surface area contributed by atoms with Crippen LogP contribution in [-0.4, -0.2) is 23.1 Å². The Kier molecular flexibility index (Phi) is 5.59. The summed E-state index contributed by atoms with van der Waals surface area (Å²) in [6.45, 7) is 4.32. The van der Waals surface area contributed by atoms with Crippen LogP contribution in [0.15, 0.2) is 53.0 Å². The number of halogens is 1. The molecule has 0 radical (unpaired) electrons. The van der Waals surface area contributed by atoms with E-state index in [2.05, 4.69) is 40.4 Å². The number of nitrogens with one attached hydrogen (secondary N) is 2. The highest BCUT2D eigenvalue weighted by atomic mass is 79.9. The van der Waals surface area contributed by atoms with E-state index in [1.165, 1.54) is 0 Å². The lowest BCUT2D eigenvalue weighted by molar-refractivity contribution is -0.141. The third-order valence-corrected chi connectivity index (χ3v) is 6.97. The Morgan fingerprint density at radius 1 is 1.20 bits per heavy atom. The average molecular weight is 472 g/mol. The fourth-order valence-electron chi connectivity index (χ4n) is 4.51. The number of rotatable bonds is 3. The molecule has 4 atom stereocenters. The summed E-state index contributed by atoms with van der Waals surface area (Å²) in [6.07, 6.45) is 3.02. The SMILES string of the molecule is C[C@H]1[C@H](C)CCC[C@@H]1NC(=O)[C@]1(O)c2cc(Br)ccc2NC(=O)N1c1ccccc1. The monoisotopic (exact) mass is 471 g/mol. The van der Waals surface area contributed by atoms with Crippen molar-refractivity contribution in [3.05, 3.63) is 58.6 Å². The van der Waals surface area contributed by atoms with Crippen molar-refractivity contribution in [2.24, 2.45) is 11.8 Å². The van der Waals surface area contributed by atoms with E-state index in [-0.39, 0.29) is 12.0 Å². The molecule has 3 N–H and O–H groups in total. The summed E-state index contributed by atoms with van der Waals surface area (Å²) in [7, 11) is 0. The van der Waals surface area contributed by atoms with E-state index in [0.29, 0.717) is 27.3 Å². The maximum atomic E-state index is 13.6. The van der Waals surface area contributed by atoms with E-state index < -0.39 is 17.7 Å². The van der Waals surface area contributed by atoms with Gasteiger partial charge in [0.15, 0.2) is 0 Å². The zero-order valence-corrected chi connectivity index (χ0v) is 18.6. The Hall–Kier alpha value is -2.38. The van der Waals surface area contributed by atoms with Crippen molar-refractivity contribution in [3.8, 4) is 0 Å². The van der Waals surface area contributed by atoms with Crippen LogP contribution >= 0.6 is 15.9 Å². The molecule has 6 nitrogen and oxygen atoms in total. The second-order valence-corrected chi connectivity index (χ2v) is 9.23. The largest absolute Gasteiger partial charge is 0.359 e. The molecule has 1 heterocycles. The average Bonchev–Trinajstić information content (AvgIpc) is 2.73. The van der Waals surface area contributed by atoms with Crippen LogP contribution < -0.4 is 15.5 Å². The van der Waals surface area contributed by atoms with Crippen LogP contribution in [0.5, 0.6) is 0 Å². The van der Waals surface area contributed by atoms with Crippen LogP contribution in [0.4, 0.5) is 16.2 Å². The van der Waals surface area contributed by atoms with Gasteiger partial charge in [-0.1, -0.05) is 60.8 Å². The van der Waals surface area contributed by atoms with E-state index >= 15 is 0 Å². The third kappa shape index (κ3) is 3.50. The van der Waals surface area contributed by atoms with Crippen molar-refractivity contribution in [3.63, 3.8) is 0 Å².